The maximum atomic E-state index is 12.0. The molecule has 0 spiro atoms. The van der Waals surface area contributed by atoms with Crippen LogP contribution in [0, 0.1) is 5.92 Å². The summed E-state index contributed by atoms with van der Waals surface area (Å²) >= 11 is 0. The van der Waals surface area contributed by atoms with Crippen molar-refractivity contribution in [1.29, 1.82) is 0 Å². The minimum atomic E-state index is -0.219. The van der Waals surface area contributed by atoms with E-state index < -0.39 is 0 Å². The molecule has 0 aliphatic carbocycles. The van der Waals surface area contributed by atoms with E-state index in [4.69, 9.17) is 0 Å². The SMILES string of the molecule is CCCn1ccc(=O)n(CCNCCC(C)C)c1=O. The highest BCUT2D eigenvalue weighted by Crippen LogP contribution is 1.95. The van der Waals surface area contributed by atoms with Gasteiger partial charge in [0.1, 0.15) is 0 Å². The average Bonchev–Trinajstić information content (AvgIpc) is 2.36. The molecule has 0 aromatic carbocycles. The molecule has 0 radical (unpaired) electrons. The Hall–Kier alpha value is -1.36. The zero-order chi connectivity index (χ0) is 14.3. The normalized spacial score (nSPS) is 11.2. The summed E-state index contributed by atoms with van der Waals surface area (Å²) in [5.74, 6) is 0.661. The fourth-order valence-corrected chi connectivity index (χ4v) is 1.88. The first-order chi connectivity index (χ1) is 9.06. The van der Waals surface area contributed by atoms with Gasteiger partial charge in [-0.3, -0.25) is 9.36 Å². The van der Waals surface area contributed by atoms with Crippen molar-refractivity contribution in [3.8, 4) is 0 Å². The third-order valence-corrected chi connectivity index (χ3v) is 3.01. The Balaban J connectivity index is 2.60. The molecule has 0 saturated heterocycles. The largest absolute Gasteiger partial charge is 0.331 e. The predicted molar refractivity (Wildman–Crippen MR) is 77.6 cm³/mol. The van der Waals surface area contributed by atoms with E-state index in [0.29, 0.717) is 25.6 Å². The number of nitrogens with one attached hydrogen (secondary N) is 1. The van der Waals surface area contributed by atoms with Crippen LogP contribution in [0.25, 0.3) is 0 Å². The lowest BCUT2D eigenvalue weighted by atomic mass is 10.1. The molecule has 5 nitrogen and oxygen atoms in total. The maximum absolute atomic E-state index is 12.0. The monoisotopic (exact) mass is 267 g/mol. The van der Waals surface area contributed by atoms with Crippen LogP contribution in [0.4, 0.5) is 0 Å². The van der Waals surface area contributed by atoms with Gasteiger partial charge in [-0.2, -0.15) is 0 Å². The van der Waals surface area contributed by atoms with Gasteiger partial charge < -0.3 is 9.88 Å². The maximum Gasteiger partial charge on any atom is 0.331 e. The molecule has 0 amide bonds. The van der Waals surface area contributed by atoms with Crippen LogP contribution >= 0.6 is 0 Å². The van der Waals surface area contributed by atoms with E-state index in [1.807, 2.05) is 6.92 Å². The van der Waals surface area contributed by atoms with Gasteiger partial charge in [0.15, 0.2) is 0 Å². The fourth-order valence-electron chi connectivity index (χ4n) is 1.88. The van der Waals surface area contributed by atoms with E-state index in [1.54, 1.807) is 10.8 Å². The van der Waals surface area contributed by atoms with E-state index in [9.17, 15) is 9.59 Å². The molecule has 0 saturated carbocycles. The Labute approximate surface area is 114 Å². The van der Waals surface area contributed by atoms with Crippen LogP contribution in [-0.2, 0) is 13.1 Å². The highest BCUT2D eigenvalue weighted by Gasteiger charge is 2.04. The van der Waals surface area contributed by atoms with Gasteiger partial charge in [0.05, 0.1) is 0 Å². The molecule has 1 aromatic heterocycles. The predicted octanol–water partition coefficient (Wildman–Crippen LogP) is 1.06. The Kier molecular flexibility index (Phi) is 6.56. The lowest BCUT2D eigenvalue weighted by Crippen LogP contribution is -2.41. The van der Waals surface area contributed by atoms with Crippen LogP contribution in [0.1, 0.15) is 33.6 Å². The molecular formula is C14H25N3O2. The zero-order valence-corrected chi connectivity index (χ0v) is 12.2. The second kappa shape index (κ2) is 7.94. The summed E-state index contributed by atoms with van der Waals surface area (Å²) in [7, 11) is 0. The molecule has 19 heavy (non-hydrogen) atoms. The smallest absolute Gasteiger partial charge is 0.315 e. The third kappa shape index (κ3) is 5.03. The molecule has 0 atom stereocenters. The van der Waals surface area contributed by atoms with E-state index in [2.05, 4.69) is 19.2 Å². The third-order valence-electron chi connectivity index (χ3n) is 3.01. The van der Waals surface area contributed by atoms with Crippen LogP contribution < -0.4 is 16.6 Å². The van der Waals surface area contributed by atoms with Gasteiger partial charge in [0.25, 0.3) is 5.56 Å². The van der Waals surface area contributed by atoms with Crippen LogP contribution in [0.2, 0.25) is 0 Å². The Bertz CT molecular complexity index is 488. The van der Waals surface area contributed by atoms with Crippen LogP contribution in [0.5, 0.6) is 0 Å². The van der Waals surface area contributed by atoms with E-state index in [-0.39, 0.29) is 11.2 Å². The summed E-state index contributed by atoms with van der Waals surface area (Å²) in [5.41, 5.74) is -0.428. The van der Waals surface area contributed by atoms with Gasteiger partial charge in [-0.25, -0.2) is 4.79 Å². The molecule has 1 heterocycles. The molecule has 0 aliphatic rings. The van der Waals surface area contributed by atoms with E-state index in [1.165, 1.54) is 10.6 Å². The standard InChI is InChI=1S/C14H25N3O2/c1-4-9-16-10-6-13(18)17(14(16)19)11-8-15-7-5-12(2)3/h6,10,12,15H,4-5,7-9,11H2,1-3H3. The first-order valence-electron chi connectivity index (χ1n) is 7.07. The van der Waals surface area contributed by atoms with Crippen molar-refractivity contribution in [2.75, 3.05) is 13.1 Å². The Morgan fingerprint density at radius 3 is 2.58 bits per heavy atom. The van der Waals surface area contributed by atoms with Crippen molar-refractivity contribution < 1.29 is 0 Å². The van der Waals surface area contributed by atoms with Gasteiger partial charge >= 0.3 is 5.69 Å². The van der Waals surface area contributed by atoms with E-state index >= 15 is 0 Å². The highest BCUT2D eigenvalue weighted by molar-refractivity contribution is 4.86. The second-order valence-electron chi connectivity index (χ2n) is 5.21. The van der Waals surface area contributed by atoms with Gasteiger partial charge in [-0.15, -0.1) is 0 Å². The van der Waals surface area contributed by atoms with Crippen molar-refractivity contribution in [3.05, 3.63) is 33.1 Å². The highest BCUT2D eigenvalue weighted by atomic mass is 16.2. The summed E-state index contributed by atoms with van der Waals surface area (Å²) in [6.07, 6.45) is 3.56. The molecule has 0 aliphatic heterocycles. The van der Waals surface area contributed by atoms with Crippen molar-refractivity contribution in [3.63, 3.8) is 0 Å². The van der Waals surface area contributed by atoms with Gasteiger partial charge in [-0.1, -0.05) is 20.8 Å². The quantitative estimate of drug-likeness (QED) is 0.716. The van der Waals surface area contributed by atoms with Crippen molar-refractivity contribution >= 4 is 0 Å². The molecule has 1 aromatic rings. The first kappa shape index (κ1) is 15.7. The summed E-state index contributed by atoms with van der Waals surface area (Å²) in [4.78, 5) is 23.7. The van der Waals surface area contributed by atoms with Gasteiger partial charge in [0, 0.05) is 31.9 Å². The Morgan fingerprint density at radius 2 is 1.95 bits per heavy atom. The molecule has 1 rings (SSSR count). The first-order valence-corrected chi connectivity index (χ1v) is 7.07. The second-order valence-corrected chi connectivity index (χ2v) is 5.21. The number of rotatable bonds is 8. The lowest BCUT2D eigenvalue weighted by Gasteiger charge is -2.10. The Morgan fingerprint density at radius 1 is 1.21 bits per heavy atom. The number of nitrogens with zero attached hydrogens (tertiary/aromatic N) is 2. The van der Waals surface area contributed by atoms with E-state index in [0.717, 1.165) is 19.4 Å². The zero-order valence-electron chi connectivity index (χ0n) is 12.2. The molecular weight excluding hydrogens is 242 g/mol. The van der Waals surface area contributed by atoms with Gasteiger partial charge in [0.2, 0.25) is 0 Å². The van der Waals surface area contributed by atoms with Crippen LogP contribution in [-0.4, -0.2) is 22.2 Å². The molecule has 108 valence electrons. The number of hydrogen-bond donors (Lipinski definition) is 1. The molecule has 0 unspecified atom stereocenters. The number of aromatic nitrogens is 2. The summed E-state index contributed by atoms with van der Waals surface area (Å²) in [6.45, 7) is 9.01. The van der Waals surface area contributed by atoms with Crippen molar-refractivity contribution in [1.82, 2.24) is 14.5 Å². The minimum absolute atomic E-state index is 0.208. The van der Waals surface area contributed by atoms with Crippen LogP contribution in [0.3, 0.4) is 0 Å². The average molecular weight is 267 g/mol. The number of hydrogen-bond acceptors (Lipinski definition) is 3. The minimum Gasteiger partial charge on any atom is -0.315 e. The van der Waals surface area contributed by atoms with Crippen molar-refractivity contribution in [2.24, 2.45) is 5.92 Å². The van der Waals surface area contributed by atoms with Gasteiger partial charge in [-0.05, 0) is 25.3 Å². The van der Waals surface area contributed by atoms with Crippen LogP contribution in [0.15, 0.2) is 21.9 Å². The number of aryl methyl sites for hydroxylation is 1. The fraction of sp³-hybridized carbons (Fsp3) is 0.714. The van der Waals surface area contributed by atoms with Crippen molar-refractivity contribution in [2.45, 2.75) is 46.7 Å². The molecule has 1 N–H and O–H groups in total. The topological polar surface area (TPSA) is 56.0 Å². The molecule has 0 bridgehead atoms. The summed E-state index contributed by atoms with van der Waals surface area (Å²) < 4.78 is 2.90. The molecule has 0 fully saturated rings. The lowest BCUT2D eigenvalue weighted by molar-refractivity contribution is 0.494. The molecule has 5 heteroatoms. The summed E-state index contributed by atoms with van der Waals surface area (Å²) in [6, 6.07) is 1.46. The summed E-state index contributed by atoms with van der Waals surface area (Å²) in [5, 5.41) is 3.26.